The van der Waals surface area contributed by atoms with E-state index in [2.05, 4.69) is 13.2 Å². The van der Waals surface area contributed by atoms with Crippen LogP contribution in [-0.4, -0.2) is 80.1 Å². The zero-order chi connectivity index (χ0) is 27.7. The molecule has 38 heavy (non-hydrogen) atoms. The molecule has 3 saturated heterocycles. The molecule has 7 nitrogen and oxygen atoms in total. The highest BCUT2D eigenvalue weighted by atomic mass is 32.2. The van der Waals surface area contributed by atoms with Crippen molar-refractivity contribution in [3.05, 3.63) is 61.2 Å². The second-order valence-electron chi connectivity index (χ2n) is 11.5. The first-order valence-corrected chi connectivity index (χ1v) is 14.3. The van der Waals surface area contributed by atoms with E-state index in [9.17, 15) is 19.5 Å². The normalized spacial score (nSPS) is 28.6. The van der Waals surface area contributed by atoms with Gasteiger partial charge in [0.1, 0.15) is 6.04 Å². The van der Waals surface area contributed by atoms with Gasteiger partial charge >= 0.3 is 5.97 Å². The molecular formula is C30H40N2O5S. The van der Waals surface area contributed by atoms with Crippen LogP contribution in [0, 0.1) is 11.8 Å². The lowest BCUT2D eigenvalue weighted by Gasteiger charge is -2.43. The lowest BCUT2D eigenvalue weighted by Crippen LogP contribution is -2.60. The maximum Gasteiger partial charge on any atom is 0.310 e. The molecule has 2 amide bonds. The van der Waals surface area contributed by atoms with Gasteiger partial charge in [-0.3, -0.25) is 14.4 Å². The average Bonchev–Trinajstić information content (AvgIpc) is 3.53. The van der Waals surface area contributed by atoms with Crippen molar-refractivity contribution < 1.29 is 24.2 Å². The highest BCUT2D eigenvalue weighted by Crippen LogP contribution is 2.67. The van der Waals surface area contributed by atoms with Crippen LogP contribution in [0.2, 0.25) is 0 Å². The minimum atomic E-state index is -0.791. The van der Waals surface area contributed by atoms with E-state index >= 15 is 0 Å². The molecule has 3 aliphatic rings. The SMILES string of the molecule is C=CCCOC(=O)[C@@H]1[C@@H]2CCC3(S2)C(C(=O)N(CC=C)C(C)(C)C)N([C@@H](CO)Cc2ccccc2)C(=O)[C@H]13. The highest BCUT2D eigenvalue weighted by Gasteiger charge is 2.75. The predicted octanol–water partition coefficient (Wildman–Crippen LogP) is 3.61. The summed E-state index contributed by atoms with van der Waals surface area (Å²) < 4.78 is 4.83. The molecule has 1 N–H and O–H groups in total. The molecular weight excluding hydrogens is 500 g/mol. The van der Waals surface area contributed by atoms with E-state index in [1.54, 1.807) is 33.7 Å². The molecule has 3 aliphatic heterocycles. The Balaban J connectivity index is 1.77. The molecule has 8 heteroatoms. The molecule has 206 valence electrons. The smallest absolute Gasteiger partial charge is 0.310 e. The molecule has 1 aromatic rings. The number of carbonyl (C=O) groups is 3. The van der Waals surface area contributed by atoms with Crippen molar-refractivity contribution >= 4 is 29.5 Å². The van der Waals surface area contributed by atoms with Gasteiger partial charge in [0.2, 0.25) is 11.8 Å². The lowest BCUT2D eigenvalue weighted by molar-refractivity contribution is -0.154. The van der Waals surface area contributed by atoms with Gasteiger partial charge in [0.05, 0.1) is 35.8 Å². The fourth-order valence-electron chi connectivity index (χ4n) is 6.48. The lowest BCUT2D eigenvalue weighted by atomic mass is 9.71. The number of carbonyl (C=O) groups excluding carboxylic acids is 3. The van der Waals surface area contributed by atoms with E-state index in [0.29, 0.717) is 25.8 Å². The fraction of sp³-hybridized carbons (Fsp3) is 0.567. The molecule has 3 heterocycles. The number of rotatable bonds is 11. The Kier molecular flexibility index (Phi) is 8.43. The van der Waals surface area contributed by atoms with E-state index in [-0.39, 0.29) is 36.2 Å². The van der Waals surface area contributed by atoms with Gasteiger partial charge in [-0.1, -0.05) is 42.5 Å². The number of hydrogen-bond acceptors (Lipinski definition) is 6. The second kappa shape index (κ2) is 11.3. The highest BCUT2D eigenvalue weighted by molar-refractivity contribution is 8.02. The van der Waals surface area contributed by atoms with Crippen molar-refractivity contribution in [3.63, 3.8) is 0 Å². The van der Waals surface area contributed by atoms with E-state index in [1.165, 1.54) is 0 Å². The van der Waals surface area contributed by atoms with Crippen LogP contribution in [0.5, 0.6) is 0 Å². The van der Waals surface area contributed by atoms with Crippen molar-refractivity contribution in [1.29, 1.82) is 0 Å². The topological polar surface area (TPSA) is 87.2 Å². The Hall–Kier alpha value is -2.58. The summed E-state index contributed by atoms with van der Waals surface area (Å²) in [5, 5.41) is 10.5. The quantitative estimate of drug-likeness (QED) is 0.262. The van der Waals surface area contributed by atoms with Gasteiger partial charge in [-0.05, 0) is 52.0 Å². The maximum atomic E-state index is 14.5. The molecule has 6 atom stereocenters. The summed E-state index contributed by atoms with van der Waals surface area (Å²) in [4.78, 5) is 45.5. The molecule has 0 aromatic heterocycles. The summed E-state index contributed by atoms with van der Waals surface area (Å²) in [6.45, 7) is 13.7. The molecule has 0 aliphatic carbocycles. The monoisotopic (exact) mass is 540 g/mol. The van der Waals surface area contributed by atoms with Crippen LogP contribution in [0.25, 0.3) is 0 Å². The number of esters is 1. The van der Waals surface area contributed by atoms with Crippen LogP contribution in [0.4, 0.5) is 0 Å². The van der Waals surface area contributed by atoms with Crippen LogP contribution < -0.4 is 0 Å². The molecule has 2 bridgehead atoms. The number of aliphatic hydroxyl groups excluding tert-OH is 1. The maximum absolute atomic E-state index is 14.5. The molecule has 4 rings (SSSR count). The van der Waals surface area contributed by atoms with Gasteiger partial charge in [0, 0.05) is 17.3 Å². The van der Waals surface area contributed by atoms with Crippen molar-refractivity contribution in [2.75, 3.05) is 19.8 Å². The zero-order valence-electron chi connectivity index (χ0n) is 22.7. The first-order chi connectivity index (χ1) is 18.1. The van der Waals surface area contributed by atoms with Crippen LogP contribution in [0.3, 0.4) is 0 Å². The number of likely N-dealkylation sites (tertiary alicyclic amines) is 1. The fourth-order valence-corrected chi connectivity index (χ4v) is 8.67. The van der Waals surface area contributed by atoms with Gasteiger partial charge in [-0.25, -0.2) is 0 Å². The average molecular weight is 541 g/mol. The minimum absolute atomic E-state index is 0.0678. The Morgan fingerprint density at radius 1 is 1.26 bits per heavy atom. The summed E-state index contributed by atoms with van der Waals surface area (Å²) in [6, 6.07) is 8.29. The molecule has 0 saturated carbocycles. The largest absolute Gasteiger partial charge is 0.465 e. The summed E-state index contributed by atoms with van der Waals surface area (Å²) in [6.07, 6.45) is 5.75. The molecule has 3 fully saturated rings. The Morgan fingerprint density at radius 2 is 1.97 bits per heavy atom. The van der Waals surface area contributed by atoms with Crippen LogP contribution in [0.1, 0.15) is 45.6 Å². The number of fused-ring (bicyclic) bond motifs is 1. The minimum Gasteiger partial charge on any atom is -0.465 e. The van der Waals surface area contributed by atoms with Crippen molar-refractivity contribution in [2.45, 2.75) is 74.1 Å². The van der Waals surface area contributed by atoms with Gasteiger partial charge < -0.3 is 19.6 Å². The number of hydrogen-bond donors (Lipinski definition) is 1. The number of ether oxygens (including phenoxy) is 1. The number of aliphatic hydroxyl groups is 1. The molecule has 1 spiro atoms. The summed E-state index contributed by atoms with van der Waals surface area (Å²) in [7, 11) is 0. The Labute approximate surface area is 230 Å². The van der Waals surface area contributed by atoms with E-state index in [4.69, 9.17) is 4.74 Å². The third-order valence-corrected chi connectivity index (χ3v) is 10.1. The number of nitrogens with zero attached hydrogens (tertiary/aromatic N) is 2. The first kappa shape index (κ1) is 28.4. The molecule has 0 radical (unpaired) electrons. The van der Waals surface area contributed by atoms with Crippen LogP contribution in [-0.2, 0) is 25.5 Å². The number of benzene rings is 1. The third kappa shape index (κ3) is 4.93. The van der Waals surface area contributed by atoms with Gasteiger partial charge in [-0.15, -0.1) is 24.9 Å². The molecule has 1 aromatic carbocycles. The standard InChI is InChI=1S/C30H40N2O5S/c1-6-8-17-37-28(36)23-22-14-15-30(38-22)24(23)26(34)32(21(19-33)18-20-12-10-9-11-13-20)25(30)27(35)31(16-7-2)29(3,4)5/h6-7,9-13,21-25,33H,1-2,8,14-19H2,3-5H3/t21-,22+,23-,24+,25?,30?/m1/s1. The van der Waals surface area contributed by atoms with E-state index < -0.39 is 34.2 Å². The Bertz CT molecular complexity index is 1070. The van der Waals surface area contributed by atoms with Gasteiger partial charge in [-0.2, -0.15) is 0 Å². The van der Waals surface area contributed by atoms with Crippen LogP contribution in [0.15, 0.2) is 55.6 Å². The first-order valence-electron chi connectivity index (χ1n) is 13.5. The summed E-state index contributed by atoms with van der Waals surface area (Å²) >= 11 is 1.61. The van der Waals surface area contributed by atoms with Crippen molar-refractivity contribution in [3.8, 4) is 0 Å². The van der Waals surface area contributed by atoms with Gasteiger partial charge in [0.15, 0.2) is 0 Å². The third-order valence-electron chi connectivity index (χ3n) is 8.12. The van der Waals surface area contributed by atoms with E-state index in [0.717, 1.165) is 12.0 Å². The predicted molar refractivity (Wildman–Crippen MR) is 149 cm³/mol. The summed E-state index contributed by atoms with van der Waals surface area (Å²) in [5.74, 6) is -2.03. The van der Waals surface area contributed by atoms with Crippen molar-refractivity contribution in [2.24, 2.45) is 11.8 Å². The number of amides is 2. The molecule has 2 unspecified atom stereocenters. The summed E-state index contributed by atoms with van der Waals surface area (Å²) in [5.41, 5.74) is 0.462. The van der Waals surface area contributed by atoms with Crippen molar-refractivity contribution in [1.82, 2.24) is 9.80 Å². The Morgan fingerprint density at radius 3 is 2.58 bits per heavy atom. The second-order valence-corrected chi connectivity index (χ2v) is 13.1. The van der Waals surface area contributed by atoms with Crippen LogP contribution >= 0.6 is 11.8 Å². The van der Waals surface area contributed by atoms with Gasteiger partial charge in [0.25, 0.3) is 0 Å². The van der Waals surface area contributed by atoms with E-state index in [1.807, 2.05) is 51.1 Å². The zero-order valence-corrected chi connectivity index (χ0v) is 23.5. The number of thioether (sulfide) groups is 1.